The molecule has 1 unspecified atom stereocenters. The predicted molar refractivity (Wildman–Crippen MR) is 105 cm³/mol. The maximum Gasteiger partial charge on any atom is 0.191 e. The minimum absolute atomic E-state index is 0. The second-order valence-corrected chi connectivity index (χ2v) is 6.03. The number of aryl methyl sites for hydroxylation is 1. The summed E-state index contributed by atoms with van der Waals surface area (Å²) in [7, 11) is 4.22. The first-order valence-corrected chi connectivity index (χ1v) is 7.88. The Morgan fingerprint density at radius 3 is 2.41 bits per heavy atom. The fourth-order valence-electron chi connectivity index (χ4n) is 2.27. The number of halogens is 1. The molecule has 0 amide bonds. The van der Waals surface area contributed by atoms with Crippen LogP contribution in [-0.2, 0) is 0 Å². The molecule has 0 aliphatic heterocycles. The normalized spacial score (nSPS) is 16.1. The van der Waals surface area contributed by atoms with Gasteiger partial charge in [-0.05, 0) is 46.3 Å². The highest BCUT2D eigenvalue weighted by atomic mass is 127. The molecule has 1 aromatic carbocycles. The van der Waals surface area contributed by atoms with E-state index >= 15 is 0 Å². The number of hydrogen-bond acceptors (Lipinski definition) is 2. The van der Waals surface area contributed by atoms with Crippen LogP contribution in [0.2, 0.25) is 0 Å². The zero-order valence-corrected chi connectivity index (χ0v) is 16.4. The standard InChI is InChI=1S/C17H28N4.HI/c1-5-18-17(20-15-10-11-15)19-12-16(21(3)4)14-8-6-13(2)7-9-14;/h6-9,15-16H,5,10-12H2,1-4H3,(H2,18,19,20);1H. The molecule has 1 atom stereocenters. The van der Waals surface area contributed by atoms with Crippen molar-refractivity contribution >= 4 is 29.9 Å². The highest BCUT2D eigenvalue weighted by molar-refractivity contribution is 14.0. The van der Waals surface area contributed by atoms with Gasteiger partial charge in [-0.3, -0.25) is 4.99 Å². The molecule has 0 aromatic heterocycles. The molecule has 1 aliphatic carbocycles. The average molecular weight is 416 g/mol. The second-order valence-electron chi connectivity index (χ2n) is 6.03. The molecular formula is C17H29IN4. The number of nitrogens with one attached hydrogen (secondary N) is 2. The Morgan fingerprint density at radius 2 is 1.91 bits per heavy atom. The lowest BCUT2D eigenvalue weighted by molar-refractivity contribution is 0.306. The van der Waals surface area contributed by atoms with Gasteiger partial charge < -0.3 is 15.5 Å². The van der Waals surface area contributed by atoms with Crippen LogP contribution in [0, 0.1) is 6.92 Å². The maximum absolute atomic E-state index is 4.77. The van der Waals surface area contributed by atoms with Crippen molar-refractivity contribution in [2.24, 2.45) is 4.99 Å². The van der Waals surface area contributed by atoms with E-state index in [1.54, 1.807) is 0 Å². The van der Waals surface area contributed by atoms with Gasteiger partial charge in [0, 0.05) is 12.6 Å². The van der Waals surface area contributed by atoms with Crippen LogP contribution in [0.5, 0.6) is 0 Å². The first kappa shape index (κ1) is 19.2. The van der Waals surface area contributed by atoms with Crippen molar-refractivity contribution in [3.05, 3.63) is 35.4 Å². The van der Waals surface area contributed by atoms with Crippen LogP contribution in [0.1, 0.15) is 36.9 Å². The molecule has 0 heterocycles. The van der Waals surface area contributed by atoms with Crippen molar-refractivity contribution in [2.45, 2.75) is 38.8 Å². The number of benzene rings is 1. The van der Waals surface area contributed by atoms with Crippen molar-refractivity contribution < 1.29 is 0 Å². The summed E-state index contributed by atoms with van der Waals surface area (Å²) in [5.74, 6) is 0.943. The van der Waals surface area contributed by atoms with Gasteiger partial charge in [0.2, 0.25) is 0 Å². The highest BCUT2D eigenvalue weighted by Crippen LogP contribution is 2.20. The lowest BCUT2D eigenvalue weighted by Gasteiger charge is -2.24. The fourth-order valence-corrected chi connectivity index (χ4v) is 2.27. The van der Waals surface area contributed by atoms with E-state index in [0.29, 0.717) is 12.1 Å². The molecule has 22 heavy (non-hydrogen) atoms. The van der Waals surface area contributed by atoms with E-state index in [2.05, 4.69) is 67.7 Å². The predicted octanol–water partition coefficient (Wildman–Crippen LogP) is 2.93. The van der Waals surface area contributed by atoms with E-state index in [1.807, 2.05) is 0 Å². The summed E-state index contributed by atoms with van der Waals surface area (Å²) in [5, 5.41) is 6.80. The van der Waals surface area contributed by atoms with E-state index in [4.69, 9.17) is 4.99 Å². The zero-order chi connectivity index (χ0) is 15.2. The molecule has 1 aromatic rings. The lowest BCUT2D eigenvalue weighted by Crippen LogP contribution is -2.39. The van der Waals surface area contributed by atoms with Gasteiger partial charge in [-0.1, -0.05) is 29.8 Å². The third-order valence-corrected chi connectivity index (χ3v) is 3.77. The highest BCUT2D eigenvalue weighted by Gasteiger charge is 2.22. The molecule has 0 saturated heterocycles. The summed E-state index contributed by atoms with van der Waals surface area (Å²) in [6.07, 6.45) is 2.53. The van der Waals surface area contributed by atoms with Gasteiger partial charge >= 0.3 is 0 Å². The molecular weight excluding hydrogens is 387 g/mol. The topological polar surface area (TPSA) is 39.7 Å². The average Bonchev–Trinajstić information content (AvgIpc) is 3.24. The molecule has 0 bridgehead atoms. The van der Waals surface area contributed by atoms with Gasteiger partial charge in [0.1, 0.15) is 0 Å². The zero-order valence-electron chi connectivity index (χ0n) is 14.1. The molecule has 1 fully saturated rings. The second kappa shape index (κ2) is 9.35. The number of likely N-dealkylation sites (N-methyl/N-ethyl adjacent to an activating group) is 1. The summed E-state index contributed by atoms with van der Waals surface area (Å²) >= 11 is 0. The van der Waals surface area contributed by atoms with Crippen LogP contribution in [0.3, 0.4) is 0 Å². The van der Waals surface area contributed by atoms with Crippen LogP contribution in [-0.4, -0.2) is 44.1 Å². The Bertz CT molecular complexity index is 466. The molecule has 5 heteroatoms. The molecule has 0 spiro atoms. The van der Waals surface area contributed by atoms with Gasteiger partial charge in [0.05, 0.1) is 12.6 Å². The van der Waals surface area contributed by atoms with Gasteiger partial charge in [-0.25, -0.2) is 0 Å². The summed E-state index contributed by atoms with van der Waals surface area (Å²) < 4.78 is 0. The summed E-state index contributed by atoms with van der Waals surface area (Å²) in [5.41, 5.74) is 2.61. The molecule has 1 aliphatic rings. The Labute approximate surface area is 151 Å². The molecule has 124 valence electrons. The van der Waals surface area contributed by atoms with Crippen molar-refractivity contribution in [2.75, 3.05) is 27.2 Å². The quantitative estimate of drug-likeness (QED) is 0.426. The number of rotatable bonds is 6. The molecule has 1 saturated carbocycles. The maximum atomic E-state index is 4.77. The first-order chi connectivity index (χ1) is 10.1. The van der Waals surface area contributed by atoms with E-state index < -0.39 is 0 Å². The Balaban J connectivity index is 0.00000242. The van der Waals surface area contributed by atoms with Crippen LogP contribution in [0.4, 0.5) is 0 Å². The minimum atomic E-state index is 0. The number of hydrogen-bond donors (Lipinski definition) is 2. The summed E-state index contributed by atoms with van der Waals surface area (Å²) in [4.78, 5) is 7.00. The van der Waals surface area contributed by atoms with E-state index in [-0.39, 0.29) is 24.0 Å². The monoisotopic (exact) mass is 416 g/mol. The van der Waals surface area contributed by atoms with E-state index in [1.165, 1.54) is 24.0 Å². The Hall–Kier alpha value is -0.820. The lowest BCUT2D eigenvalue weighted by atomic mass is 10.0. The number of nitrogens with zero attached hydrogens (tertiary/aromatic N) is 2. The third-order valence-electron chi connectivity index (χ3n) is 3.77. The largest absolute Gasteiger partial charge is 0.357 e. The SMILES string of the molecule is CCNC(=NCC(c1ccc(C)cc1)N(C)C)NC1CC1.I. The van der Waals surface area contributed by atoms with Crippen LogP contribution in [0.15, 0.2) is 29.3 Å². The molecule has 4 nitrogen and oxygen atoms in total. The Kier molecular flexibility index (Phi) is 8.17. The van der Waals surface area contributed by atoms with Gasteiger partial charge in [0.15, 0.2) is 5.96 Å². The van der Waals surface area contributed by atoms with Crippen LogP contribution in [0.25, 0.3) is 0 Å². The van der Waals surface area contributed by atoms with Crippen LogP contribution < -0.4 is 10.6 Å². The first-order valence-electron chi connectivity index (χ1n) is 7.88. The van der Waals surface area contributed by atoms with E-state index in [9.17, 15) is 0 Å². The van der Waals surface area contributed by atoms with Gasteiger partial charge in [0.25, 0.3) is 0 Å². The van der Waals surface area contributed by atoms with Crippen molar-refractivity contribution in [1.82, 2.24) is 15.5 Å². The molecule has 2 N–H and O–H groups in total. The summed E-state index contributed by atoms with van der Waals surface area (Å²) in [6, 6.07) is 9.68. The minimum Gasteiger partial charge on any atom is -0.357 e. The fraction of sp³-hybridized carbons (Fsp3) is 0.588. The van der Waals surface area contributed by atoms with Crippen molar-refractivity contribution in [3.8, 4) is 0 Å². The number of aliphatic imine (C=N–C) groups is 1. The Morgan fingerprint density at radius 1 is 1.27 bits per heavy atom. The van der Waals surface area contributed by atoms with Crippen molar-refractivity contribution in [1.29, 1.82) is 0 Å². The van der Waals surface area contributed by atoms with Crippen molar-refractivity contribution in [3.63, 3.8) is 0 Å². The number of guanidine groups is 1. The molecule has 0 radical (unpaired) electrons. The summed E-state index contributed by atoms with van der Waals surface area (Å²) in [6.45, 7) is 5.89. The van der Waals surface area contributed by atoms with Gasteiger partial charge in [-0.2, -0.15) is 0 Å². The molecule has 2 rings (SSSR count). The van der Waals surface area contributed by atoms with Gasteiger partial charge in [-0.15, -0.1) is 24.0 Å². The van der Waals surface area contributed by atoms with E-state index in [0.717, 1.165) is 19.0 Å². The van der Waals surface area contributed by atoms with Crippen LogP contribution >= 0.6 is 24.0 Å². The smallest absolute Gasteiger partial charge is 0.191 e. The third kappa shape index (κ3) is 6.12.